The van der Waals surface area contributed by atoms with Crippen molar-refractivity contribution in [3.63, 3.8) is 0 Å². The first kappa shape index (κ1) is 38.6. The summed E-state index contributed by atoms with van der Waals surface area (Å²) in [5.41, 5.74) is 7.94. The van der Waals surface area contributed by atoms with E-state index in [4.69, 9.17) is 29.2 Å². The van der Waals surface area contributed by atoms with Crippen LogP contribution in [0.3, 0.4) is 0 Å². The average molecular weight is 730 g/mol. The van der Waals surface area contributed by atoms with Crippen molar-refractivity contribution in [2.75, 3.05) is 65.3 Å². The van der Waals surface area contributed by atoms with E-state index in [1.165, 1.54) is 30.4 Å². The summed E-state index contributed by atoms with van der Waals surface area (Å²) in [6.07, 6.45) is 6.98. The van der Waals surface area contributed by atoms with Crippen molar-refractivity contribution in [1.29, 1.82) is 0 Å². The topological polar surface area (TPSA) is 185 Å². The summed E-state index contributed by atoms with van der Waals surface area (Å²) in [4.78, 5) is 36.3. The number of carbonyl (C=O) groups excluding carboxylic acids is 3. The number of nitrogens with one attached hydrogen (secondary N) is 2. The van der Waals surface area contributed by atoms with E-state index in [-0.39, 0.29) is 67.3 Å². The Morgan fingerprint density at radius 2 is 1.78 bits per heavy atom. The normalized spacial score (nSPS) is 23.8. The number of phenols is 1. The lowest BCUT2D eigenvalue weighted by Gasteiger charge is -2.50. The van der Waals surface area contributed by atoms with Crippen molar-refractivity contribution < 1.29 is 47.5 Å². The van der Waals surface area contributed by atoms with Gasteiger partial charge in [-0.15, -0.1) is 0 Å². The molecule has 0 heterocycles. The Morgan fingerprint density at radius 3 is 2.53 bits per heavy atom. The summed E-state index contributed by atoms with van der Waals surface area (Å²) in [5.74, 6) is 0.538. The highest BCUT2D eigenvalue weighted by atomic mass is 31.2. The molecular weight excluding hydrogens is 677 g/mol. The highest BCUT2D eigenvalue weighted by molar-refractivity contribution is 7.57. The highest BCUT2D eigenvalue weighted by Gasteiger charge is 2.55. The molecule has 5 atom stereocenters. The molecule has 14 heteroatoms. The van der Waals surface area contributed by atoms with Crippen molar-refractivity contribution >= 4 is 30.8 Å². The van der Waals surface area contributed by atoms with Crippen LogP contribution >= 0.6 is 7.37 Å². The van der Waals surface area contributed by atoms with Gasteiger partial charge in [0.1, 0.15) is 23.7 Å². The molecule has 280 valence electrons. The Hall–Kier alpha value is -3.64. The standard InChI is InChI=1S/C37H52N3O10P/c1-37-15-13-26-25-8-6-24(50-51(3,4)45)21-23(25)5-7-27(26)28(37)9-12-31(37)49-17-14-32(41)39-16-18-47-19-20-48-22-33(42)40-29-10-11-30(46-2)34(35(29)43)36(38)44/h6,8,10-11,21,26-28,31,43H,5,7,9,12-20,22H2,1-4H3,(H2,38,44)(H,39,41)(H,40,42). The minimum Gasteiger partial charge on any atom is -0.505 e. The van der Waals surface area contributed by atoms with E-state index in [1.54, 1.807) is 13.3 Å². The second-order valence-electron chi connectivity index (χ2n) is 14.3. The molecule has 13 nitrogen and oxygen atoms in total. The van der Waals surface area contributed by atoms with Gasteiger partial charge in [-0.1, -0.05) is 13.0 Å². The molecule has 0 saturated heterocycles. The Kier molecular flexibility index (Phi) is 12.7. The van der Waals surface area contributed by atoms with Crippen LogP contribution in [0.25, 0.3) is 0 Å². The number of rotatable bonds is 17. The molecule has 0 bridgehead atoms. The number of ether oxygens (including phenoxy) is 4. The predicted octanol–water partition coefficient (Wildman–Crippen LogP) is 4.84. The molecular formula is C37H52N3O10P. The molecule has 3 aliphatic carbocycles. The van der Waals surface area contributed by atoms with Crippen LogP contribution in [0.1, 0.15) is 72.9 Å². The summed E-state index contributed by atoms with van der Waals surface area (Å²) >= 11 is 0. The Balaban J connectivity index is 0.945. The number of anilines is 1. The van der Waals surface area contributed by atoms with Gasteiger partial charge in [0.2, 0.25) is 19.2 Å². The third kappa shape index (κ3) is 9.43. The quantitative estimate of drug-likeness (QED) is 0.0999. The Bertz CT molecular complexity index is 1630. The first-order chi connectivity index (χ1) is 24.3. The minimum atomic E-state index is -2.60. The number of carbonyl (C=O) groups is 3. The van der Waals surface area contributed by atoms with Crippen molar-refractivity contribution in [2.45, 2.75) is 63.9 Å². The third-order valence-corrected chi connectivity index (χ3v) is 11.3. The van der Waals surface area contributed by atoms with Gasteiger partial charge < -0.3 is 44.9 Å². The predicted molar refractivity (Wildman–Crippen MR) is 192 cm³/mol. The smallest absolute Gasteiger partial charge is 0.256 e. The zero-order valence-corrected chi connectivity index (χ0v) is 30.9. The zero-order chi connectivity index (χ0) is 36.8. The van der Waals surface area contributed by atoms with Crippen LogP contribution in [0, 0.1) is 17.3 Å². The number of nitrogens with two attached hydrogens (primary N) is 1. The summed E-state index contributed by atoms with van der Waals surface area (Å²) in [7, 11) is -1.27. The molecule has 2 fully saturated rings. The second-order valence-corrected chi connectivity index (χ2v) is 17.0. The second kappa shape index (κ2) is 16.8. The molecule has 0 aromatic heterocycles. The Labute approximate surface area is 299 Å². The van der Waals surface area contributed by atoms with Gasteiger partial charge in [0.05, 0.1) is 45.3 Å². The van der Waals surface area contributed by atoms with E-state index in [2.05, 4.69) is 29.7 Å². The SMILES string of the molecule is COc1ccc(NC(=O)COCCOCCNC(=O)CCOC2CCC3C4CCc5cc(OP(C)(C)=O)ccc5C4CCC23C)c(O)c1C(N)=O. The first-order valence-electron chi connectivity index (χ1n) is 17.7. The number of hydrogen-bond donors (Lipinski definition) is 4. The first-order valence-corrected chi connectivity index (χ1v) is 20.2. The maximum absolute atomic E-state index is 12.5. The van der Waals surface area contributed by atoms with Crippen LogP contribution in [0.5, 0.6) is 17.2 Å². The van der Waals surface area contributed by atoms with Crippen molar-refractivity contribution in [3.8, 4) is 17.2 Å². The van der Waals surface area contributed by atoms with Crippen molar-refractivity contribution in [3.05, 3.63) is 47.0 Å². The van der Waals surface area contributed by atoms with Crippen LogP contribution in [0.15, 0.2) is 30.3 Å². The summed E-state index contributed by atoms with van der Waals surface area (Å²) in [5, 5.41) is 15.6. The molecule has 5 N–H and O–H groups in total. The van der Waals surface area contributed by atoms with Crippen LogP contribution in [-0.4, -0.2) is 89.0 Å². The number of primary amides is 1. The zero-order valence-electron chi connectivity index (χ0n) is 30.0. The van der Waals surface area contributed by atoms with Crippen LogP contribution in [0.4, 0.5) is 5.69 Å². The highest BCUT2D eigenvalue weighted by Crippen LogP contribution is 2.61. The van der Waals surface area contributed by atoms with Crippen LogP contribution in [0.2, 0.25) is 0 Å². The number of aromatic hydroxyl groups is 1. The molecule has 2 aromatic carbocycles. The Morgan fingerprint density at radius 1 is 1.00 bits per heavy atom. The minimum absolute atomic E-state index is 0.00485. The molecule has 0 aliphatic heterocycles. The number of amides is 3. The molecule has 0 spiro atoms. The molecule has 5 unspecified atom stereocenters. The lowest BCUT2D eigenvalue weighted by molar-refractivity contribution is -0.124. The lowest BCUT2D eigenvalue weighted by Crippen LogP contribution is -2.45. The van der Waals surface area contributed by atoms with E-state index >= 15 is 0 Å². The van der Waals surface area contributed by atoms with Gasteiger partial charge in [-0.3, -0.25) is 18.9 Å². The van der Waals surface area contributed by atoms with Crippen LogP contribution < -0.4 is 25.6 Å². The monoisotopic (exact) mass is 729 g/mol. The van der Waals surface area contributed by atoms with E-state index in [1.807, 2.05) is 6.07 Å². The molecule has 2 saturated carbocycles. The van der Waals surface area contributed by atoms with E-state index in [0.717, 1.165) is 38.5 Å². The largest absolute Gasteiger partial charge is 0.505 e. The molecule has 5 rings (SSSR count). The van der Waals surface area contributed by atoms with Gasteiger partial charge >= 0.3 is 0 Å². The summed E-state index contributed by atoms with van der Waals surface area (Å²) < 4.78 is 40.1. The molecule has 3 amide bonds. The van der Waals surface area contributed by atoms with Gasteiger partial charge in [0.15, 0.2) is 5.75 Å². The maximum atomic E-state index is 12.5. The fraction of sp³-hybridized carbons (Fsp3) is 0.595. The molecule has 3 aliphatic rings. The van der Waals surface area contributed by atoms with Crippen molar-refractivity contribution in [2.24, 2.45) is 23.0 Å². The maximum Gasteiger partial charge on any atom is 0.256 e. The third-order valence-electron chi connectivity index (χ3n) is 10.6. The number of aryl methyl sites for hydroxylation is 1. The van der Waals surface area contributed by atoms with Crippen molar-refractivity contribution in [1.82, 2.24) is 5.32 Å². The van der Waals surface area contributed by atoms with Gasteiger partial charge in [0.25, 0.3) is 5.91 Å². The number of methoxy groups -OCH3 is 1. The van der Waals surface area contributed by atoms with Gasteiger partial charge in [-0.25, -0.2) is 0 Å². The van der Waals surface area contributed by atoms with E-state index in [9.17, 15) is 24.1 Å². The summed E-state index contributed by atoms with van der Waals surface area (Å²) in [6.45, 7) is 6.75. The fourth-order valence-corrected chi connectivity index (χ4v) is 9.01. The van der Waals surface area contributed by atoms with Crippen LogP contribution in [-0.2, 0) is 34.8 Å². The lowest BCUT2D eigenvalue weighted by atomic mass is 9.55. The average Bonchev–Trinajstić information content (AvgIpc) is 3.41. The van der Waals surface area contributed by atoms with E-state index in [0.29, 0.717) is 36.7 Å². The number of benzene rings is 2. The molecule has 0 radical (unpaired) electrons. The fourth-order valence-electron chi connectivity index (χ4n) is 8.39. The summed E-state index contributed by atoms with van der Waals surface area (Å²) in [6, 6.07) is 9.08. The molecule has 51 heavy (non-hydrogen) atoms. The number of fused-ring (bicyclic) bond motifs is 5. The van der Waals surface area contributed by atoms with Gasteiger partial charge in [-0.05, 0) is 97.1 Å². The number of hydrogen-bond acceptors (Lipinski definition) is 10. The molecule has 2 aromatic rings. The van der Waals surface area contributed by atoms with Gasteiger partial charge in [-0.2, -0.15) is 0 Å². The van der Waals surface area contributed by atoms with E-state index < -0.39 is 24.9 Å². The van der Waals surface area contributed by atoms with Gasteiger partial charge in [0, 0.05) is 26.3 Å².